The highest BCUT2D eigenvalue weighted by Gasteiger charge is 2.32. The summed E-state index contributed by atoms with van der Waals surface area (Å²) >= 11 is 0. The van der Waals surface area contributed by atoms with E-state index in [1.807, 2.05) is 17.0 Å². The number of nitrogens with zero attached hydrogens (tertiary/aromatic N) is 3. The number of piperidine rings is 1. The highest BCUT2D eigenvalue weighted by atomic mass is 32.2. The minimum absolute atomic E-state index is 0.179. The zero-order valence-electron chi connectivity index (χ0n) is 20.4. The summed E-state index contributed by atoms with van der Waals surface area (Å²) in [5, 5.41) is 1.18. The predicted molar refractivity (Wildman–Crippen MR) is 136 cm³/mol. The van der Waals surface area contributed by atoms with Gasteiger partial charge in [0.25, 0.3) is 0 Å². The first kappa shape index (κ1) is 23.9. The number of sulfonamides is 1. The van der Waals surface area contributed by atoms with Gasteiger partial charge in [0.1, 0.15) is 12.3 Å². The molecule has 1 amide bonds. The van der Waals surface area contributed by atoms with Crippen LogP contribution in [-0.2, 0) is 21.4 Å². The van der Waals surface area contributed by atoms with Crippen LogP contribution in [0.3, 0.4) is 0 Å². The van der Waals surface area contributed by atoms with Crippen LogP contribution in [0.1, 0.15) is 42.9 Å². The number of aromatic nitrogens is 1. The molecule has 5 rings (SSSR count). The third-order valence-corrected chi connectivity index (χ3v) is 9.50. The monoisotopic (exact) mass is 495 g/mol. The van der Waals surface area contributed by atoms with E-state index in [9.17, 15) is 13.2 Å². The minimum Gasteiger partial charge on any atom is -0.497 e. The molecule has 35 heavy (non-hydrogen) atoms. The number of amides is 1. The summed E-state index contributed by atoms with van der Waals surface area (Å²) in [5.74, 6) is 1.07. The Morgan fingerprint density at radius 1 is 0.971 bits per heavy atom. The van der Waals surface area contributed by atoms with Crippen LogP contribution in [0.5, 0.6) is 5.75 Å². The second-order valence-corrected chi connectivity index (χ2v) is 11.5. The van der Waals surface area contributed by atoms with Crippen molar-refractivity contribution in [2.45, 2.75) is 50.0 Å². The molecule has 2 aliphatic heterocycles. The number of likely N-dealkylation sites (tertiary alicyclic amines) is 1. The number of ether oxygens (including phenoxy) is 1. The Morgan fingerprint density at radius 3 is 2.29 bits per heavy atom. The first-order chi connectivity index (χ1) is 16.9. The molecule has 0 unspecified atom stereocenters. The molecule has 3 heterocycles. The molecule has 0 spiro atoms. The highest BCUT2D eigenvalue weighted by Crippen LogP contribution is 2.38. The van der Waals surface area contributed by atoms with Crippen molar-refractivity contribution >= 4 is 26.8 Å². The fraction of sp³-hybridized carbons (Fsp3) is 0.444. The summed E-state index contributed by atoms with van der Waals surface area (Å²) in [6, 6.07) is 14.9. The van der Waals surface area contributed by atoms with Gasteiger partial charge in [0, 0.05) is 42.8 Å². The Kier molecular flexibility index (Phi) is 6.59. The normalized spacial score (nSPS) is 17.8. The maximum absolute atomic E-state index is 13.2. The maximum Gasteiger partial charge on any atom is 0.243 e. The van der Waals surface area contributed by atoms with Gasteiger partial charge in [-0.1, -0.05) is 18.2 Å². The van der Waals surface area contributed by atoms with Gasteiger partial charge in [-0.2, -0.15) is 4.31 Å². The van der Waals surface area contributed by atoms with Crippen LogP contribution in [-0.4, -0.2) is 61.4 Å². The van der Waals surface area contributed by atoms with E-state index in [2.05, 4.69) is 23.6 Å². The number of rotatable bonds is 6. The van der Waals surface area contributed by atoms with Crippen molar-refractivity contribution in [3.8, 4) is 5.75 Å². The van der Waals surface area contributed by atoms with Crippen LogP contribution in [0.25, 0.3) is 10.9 Å². The molecule has 0 N–H and O–H groups in total. The smallest absolute Gasteiger partial charge is 0.243 e. The summed E-state index contributed by atoms with van der Waals surface area (Å²) in [7, 11) is -1.98. The van der Waals surface area contributed by atoms with E-state index in [0.717, 1.165) is 50.0 Å². The number of fused-ring (bicyclic) bond motifs is 1. The fourth-order valence-corrected chi connectivity index (χ4v) is 7.13. The Morgan fingerprint density at radius 2 is 1.63 bits per heavy atom. The standard InChI is InChI=1S/C27H33N3O4S/c1-20-27(24-7-3-4-8-25(24)30(20)19-26(31)28-15-5-6-16-28)21-13-17-29(18-14-21)35(32,33)23-11-9-22(34-2)10-12-23/h3-4,7-12,21H,5-6,13-19H2,1-2H3. The van der Waals surface area contributed by atoms with E-state index in [1.165, 1.54) is 10.9 Å². The van der Waals surface area contributed by atoms with E-state index in [4.69, 9.17) is 4.74 Å². The van der Waals surface area contributed by atoms with Crippen LogP contribution < -0.4 is 4.74 Å². The van der Waals surface area contributed by atoms with Gasteiger partial charge in [0.2, 0.25) is 15.9 Å². The van der Waals surface area contributed by atoms with Crippen LogP contribution >= 0.6 is 0 Å². The number of carbonyl (C=O) groups is 1. The summed E-state index contributed by atoms with van der Waals surface area (Å²) < 4.78 is 35.3. The van der Waals surface area contributed by atoms with Crippen molar-refractivity contribution in [2.24, 2.45) is 0 Å². The lowest BCUT2D eigenvalue weighted by molar-refractivity contribution is -0.130. The number of methoxy groups -OCH3 is 1. The lowest BCUT2D eigenvalue weighted by atomic mass is 9.88. The largest absolute Gasteiger partial charge is 0.497 e. The second kappa shape index (κ2) is 9.66. The van der Waals surface area contributed by atoms with Gasteiger partial charge in [-0.05, 0) is 74.4 Å². The number of hydrogen-bond acceptors (Lipinski definition) is 4. The highest BCUT2D eigenvalue weighted by molar-refractivity contribution is 7.89. The molecule has 0 saturated carbocycles. The van der Waals surface area contributed by atoms with Crippen LogP contribution in [0, 0.1) is 6.92 Å². The Balaban J connectivity index is 1.37. The van der Waals surface area contributed by atoms with Gasteiger partial charge in [-0.15, -0.1) is 0 Å². The summed E-state index contributed by atoms with van der Waals surface area (Å²) in [4.78, 5) is 15.2. The van der Waals surface area contributed by atoms with Crippen LogP contribution in [0.15, 0.2) is 53.4 Å². The molecule has 1 aromatic heterocycles. The SMILES string of the molecule is COc1ccc(S(=O)(=O)N2CCC(c3c(C)n(CC(=O)N4CCCC4)c4ccccc34)CC2)cc1. The molecule has 3 aromatic rings. The van der Waals surface area contributed by atoms with E-state index >= 15 is 0 Å². The molecular weight excluding hydrogens is 462 g/mol. The first-order valence-electron chi connectivity index (χ1n) is 12.4. The first-order valence-corrected chi connectivity index (χ1v) is 13.8. The van der Waals surface area contributed by atoms with Crippen molar-refractivity contribution < 1.29 is 17.9 Å². The molecule has 0 radical (unpaired) electrons. The molecule has 186 valence electrons. The Bertz CT molecular complexity index is 1320. The minimum atomic E-state index is -3.54. The van der Waals surface area contributed by atoms with Gasteiger partial charge in [-0.3, -0.25) is 4.79 Å². The van der Waals surface area contributed by atoms with Crippen molar-refractivity contribution in [1.82, 2.24) is 13.8 Å². The molecule has 8 heteroatoms. The van der Waals surface area contributed by atoms with Crippen LogP contribution in [0.4, 0.5) is 0 Å². The Labute approximate surface area is 207 Å². The number of hydrogen-bond donors (Lipinski definition) is 0. The van der Waals surface area contributed by atoms with E-state index in [0.29, 0.717) is 30.3 Å². The topological polar surface area (TPSA) is 71.9 Å². The van der Waals surface area contributed by atoms with Gasteiger partial charge in [0.05, 0.1) is 12.0 Å². The van der Waals surface area contributed by atoms with Gasteiger partial charge >= 0.3 is 0 Å². The van der Waals surface area contributed by atoms with Gasteiger partial charge < -0.3 is 14.2 Å². The average Bonchev–Trinajstić information content (AvgIpc) is 3.52. The van der Waals surface area contributed by atoms with Crippen molar-refractivity contribution in [2.75, 3.05) is 33.3 Å². The molecule has 2 saturated heterocycles. The fourth-order valence-electron chi connectivity index (χ4n) is 5.66. The Hall–Kier alpha value is -2.84. The molecular formula is C27H33N3O4S. The molecule has 0 atom stereocenters. The average molecular weight is 496 g/mol. The molecule has 2 aliphatic rings. The van der Waals surface area contributed by atoms with Gasteiger partial charge in [0.15, 0.2) is 0 Å². The lowest BCUT2D eigenvalue weighted by Gasteiger charge is -2.31. The quantitative estimate of drug-likeness (QED) is 0.515. The predicted octanol–water partition coefficient (Wildman–Crippen LogP) is 4.15. The molecule has 2 fully saturated rings. The van der Waals surface area contributed by atoms with E-state index in [-0.39, 0.29) is 11.8 Å². The van der Waals surface area contributed by atoms with E-state index in [1.54, 1.807) is 35.7 Å². The van der Waals surface area contributed by atoms with Gasteiger partial charge in [-0.25, -0.2) is 8.42 Å². The number of carbonyl (C=O) groups excluding carboxylic acids is 1. The van der Waals surface area contributed by atoms with Crippen molar-refractivity contribution in [3.63, 3.8) is 0 Å². The summed E-state index contributed by atoms with van der Waals surface area (Å²) in [5.41, 5.74) is 3.47. The van der Waals surface area contributed by atoms with Crippen molar-refractivity contribution in [3.05, 3.63) is 59.8 Å². The zero-order valence-corrected chi connectivity index (χ0v) is 21.3. The summed E-state index contributed by atoms with van der Waals surface area (Å²) in [6.45, 7) is 5.12. The van der Waals surface area contributed by atoms with E-state index < -0.39 is 10.0 Å². The third kappa shape index (κ3) is 4.45. The third-order valence-electron chi connectivity index (χ3n) is 7.59. The van der Waals surface area contributed by atoms with Crippen molar-refractivity contribution in [1.29, 1.82) is 0 Å². The van der Waals surface area contributed by atoms with Crippen LogP contribution in [0.2, 0.25) is 0 Å². The molecule has 0 bridgehead atoms. The maximum atomic E-state index is 13.2. The molecule has 7 nitrogen and oxygen atoms in total. The number of benzene rings is 2. The second-order valence-electron chi connectivity index (χ2n) is 9.54. The lowest BCUT2D eigenvalue weighted by Crippen LogP contribution is -2.38. The number of para-hydroxylation sites is 1. The zero-order chi connectivity index (χ0) is 24.6. The molecule has 2 aromatic carbocycles. The summed E-state index contributed by atoms with van der Waals surface area (Å²) in [6.07, 6.45) is 3.68. The molecule has 0 aliphatic carbocycles.